The van der Waals surface area contributed by atoms with E-state index in [0.717, 1.165) is 12.1 Å². The molecule has 100 valence electrons. The molecule has 0 radical (unpaired) electrons. The Hall–Kier alpha value is -1.65. The van der Waals surface area contributed by atoms with Gasteiger partial charge in [0, 0.05) is 10.6 Å². The number of hydrogen-bond donors (Lipinski definition) is 1. The van der Waals surface area contributed by atoms with Gasteiger partial charge in [0.05, 0.1) is 12.2 Å². The minimum absolute atomic E-state index is 0.161. The normalized spacial score (nSPS) is 10.5. The summed E-state index contributed by atoms with van der Waals surface area (Å²) in [6.45, 7) is -0.583. The maximum absolute atomic E-state index is 13.4. The molecular formula is C14H11ClF2O2. The molecule has 0 bridgehead atoms. The summed E-state index contributed by atoms with van der Waals surface area (Å²) in [5.41, 5.74) is 0.229. The van der Waals surface area contributed by atoms with Crippen molar-refractivity contribution in [1.82, 2.24) is 0 Å². The number of rotatable bonds is 4. The fourth-order valence-electron chi connectivity index (χ4n) is 1.65. The van der Waals surface area contributed by atoms with Gasteiger partial charge in [-0.1, -0.05) is 23.7 Å². The highest BCUT2D eigenvalue weighted by atomic mass is 35.5. The van der Waals surface area contributed by atoms with Crippen LogP contribution in [0.3, 0.4) is 0 Å². The summed E-state index contributed by atoms with van der Waals surface area (Å²) >= 11 is 5.89. The number of aliphatic hydroxyl groups excluding tert-OH is 1. The molecule has 0 saturated heterocycles. The molecule has 0 saturated carbocycles. The van der Waals surface area contributed by atoms with Crippen LogP contribution in [0.25, 0.3) is 0 Å². The van der Waals surface area contributed by atoms with Crippen LogP contribution in [0.5, 0.6) is 5.75 Å². The first-order valence-electron chi connectivity index (χ1n) is 5.57. The lowest BCUT2D eigenvalue weighted by molar-refractivity contribution is 0.255. The molecule has 0 aromatic heterocycles. The Kier molecular flexibility index (Phi) is 4.35. The van der Waals surface area contributed by atoms with Crippen LogP contribution in [-0.4, -0.2) is 5.11 Å². The van der Waals surface area contributed by atoms with Gasteiger partial charge in [0.2, 0.25) is 0 Å². The lowest BCUT2D eigenvalue weighted by atomic mass is 10.2. The average molecular weight is 285 g/mol. The summed E-state index contributed by atoms with van der Waals surface area (Å²) in [6, 6.07) is 8.42. The van der Waals surface area contributed by atoms with Gasteiger partial charge in [-0.25, -0.2) is 8.78 Å². The Morgan fingerprint density at radius 2 is 1.63 bits per heavy atom. The molecule has 0 spiro atoms. The molecule has 2 aromatic carbocycles. The molecule has 0 fully saturated rings. The number of hydrogen-bond acceptors (Lipinski definition) is 2. The predicted octanol–water partition coefficient (Wildman–Crippen LogP) is 3.69. The van der Waals surface area contributed by atoms with E-state index in [-0.39, 0.29) is 18.8 Å². The molecule has 0 aliphatic heterocycles. The summed E-state index contributed by atoms with van der Waals surface area (Å²) in [5, 5.41) is 9.53. The fraction of sp³-hybridized carbons (Fsp3) is 0.143. The fourth-order valence-corrected chi connectivity index (χ4v) is 1.87. The molecule has 0 atom stereocenters. The van der Waals surface area contributed by atoms with Crippen molar-refractivity contribution in [3.05, 3.63) is 64.2 Å². The SMILES string of the molecule is OCc1c(Cl)cccc1OCc1c(F)cccc1F. The zero-order valence-electron chi connectivity index (χ0n) is 9.87. The molecule has 2 nitrogen and oxygen atoms in total. The largest absolute Gasteiger partial charge is 0.488 e. The van der Waals surface area contributed by atoms with E-state index in [0.29, 0.717) is 16.3 Å². The van der Waals surface area contributed by atoms with Crippen LogP contribution in [0.2, 0.25) is 5.02 Å². The van der Waals surface area contributed by atoms with Crippen LogP contribution >= 0.6 is 11.6 Å². The third-order valence-electron chi connectivity index (χ3n) is 2.67. The molecule has 2 aromatic rings. The molecule has 1 N–H and O–H groups in total. The highest BCUT2D eigenvalue weighted by Crippen LogP contribution is 2.27. The van der Waals surface area contributed by atoms with Crippen LogP contribution in [0.1, 0.15) is 11.1 Å². The van der Waals surface area contributed by atoms with Gasteiger partial charge in [-0.2, -0.15) is 0 Å². The van der Waals surface area contributed by atoms with E-state index in [2.05, 4.69) is 0 Å². The van der Waals surface area contributed by atoms with Crippen molar-refractivity contribution in [2.24, 2.45) is 0 Å². The quantitative estimate of drug-likeness (QED) is 0.928. The average Bonchev–Trinajstić information content (AvgIpc) is 2.38. The van der Waals surface area contributed by atoms with Crippen molar-refractivity contribution >= 4 is 11.6 Å². The molecule has 0 heterocycles. The molecular weight excluding hydrogens is 274 g/mol. The Morgan fingerprint density at radius 3 is 2.26 bits per heavy atom. The van der Waals surface area contributed by atoms with E-state index in [1.165, 1.54) is 6.07 Å². The summed E-state index contributed by atoms with van der Waals surface area (Å²) in [4.78, 5) is 0. The first-order chi connectivity index (χ1) is 9.13. The molecule has 2 rings (SSSR count). The Morgan fingerprint density at radius 1 is 1.00 bits per heavy atom. The van der Waals surface area contributed by atoms with Crippen LogP contribution in [0, 0.1) is 11.6 Å². The zero-order chi connectivity index (χ0) is 13.8. The lowest BCUT2D eigenvalue weighted by Gasteiger charge is -2.12. The topological polar surface area (TPSA) is 29.5 Å². The van der Waals surface area contributed by atoms with Crippen molar-refractivity contribution in [3.8, 4) is 5.75 Å². The number of aliphatic hydroxyl groups is 1. The van der Waals surface area contributed by atoms with Gasteiger partial charge in [0.25, 0.3) is 0 Å². The summed E-state index contributed by atoms with van der Waals surface area (Å²) < 4.78 is 32.2. The minimum atomic E-state index is -0.674. The van der Waals surface area contributed by atoms with Gasteiger partial charge in [-0.05, 0) is 24.3 Å². The second-order valence-corrected chi connectivity index (χ2v) is 4.27. The van der Waals surface area contributed by atoms with E-state index in [1.54, 1.807) is 18.2 Å². The third-order valence-corrected chi connectivity index (χ3v) is 3.02. The molecule has 5 heteroatoms. The molecule has 0 aliphatic carbocycles. The monoisotopic (exact) mass is 284 g/mol. The van der Waals surface area contributed by atoms with E-state index >= 15 is 0 Å². The second kappa shape index (κ2) is 5.99. The van der Waals surface area contributed by atoms with Crippen LogP contribution in [-0.2, 0) is 13.2 Å². The maximum atomic E-state index is 13.4. The number of halogens is 3. The second-order valence-electron chi connectivity index (χ2n) is 3.86. The Bertz CT molecular complexity index is 567. The van der Waals surface area contributed by atoms with Crippen LogP contribution in [0.4, 0.5) is 8.78 Å². The highest BCUT2D eigenvalue weighted by Gasteiger charge is 2.11. The summed E-state index contributed by atoms with van der Waals surface area (Å²) in [6.07, 6.45) is 0. The number of benzene rings is 2. The summed E-state index contributed by atoms with van der Waals surface area (Å²) in [5.74, 6) is -1.04. The van der Waals surface area contributed by atoms with E-state index < -0.39 is 11.6 Å². The molecule has 0 unspecified atom stereocenters. The zero-order valence-corrected chi connectivity index (χ0v) is 10.6. The predicted molar refractivity (Wildman–Crippen MR) is 68.1 cm³/mol. The van der Waals surface area contributed by atoms with Crippen molar-refractivity contribution in [1.29, 1.82) is 0 Å². The van der Waals surface area contributed by atoms with Crippen LogP contribution in [0.15, 0.2) is 36.4 Å². The molecule has 19 heavy (non-hydrogen) atoms. The van der Waals surface area contributed by atoms with E-state index in [1.807, 2.05) is 0 Å². The van der Waals surface area contributed by atoms with Gasteiger partial charge in [0.15, 0.2) is 0 Å². The Labute approximate surface area is 114 Å². The smallest absolute Gasteiger partial charge is 0.132 e. The van der Waals surface area contributed by atoms with Crippen molar-refractivity contribution in [3.63, 3.8) is 0 Å². The third kappa shape index (κ3) is 3.03. The first kappa shape index (κ1) is 13.8. The van der Waals surface area contributed by atoms with Crippen LogP contribution < -0.4 is 4.74 Å². The van der Waals surface area contributed by atoms with Gasteiger partial charge in [-0.15, -0.1) is 0 Å². The van der Waals surface area contributed by atoms with Gasteiger partial charge < -0.3 is 9.84 Å². The minimum Gasteiger partial charge on any atom is -0.488 e. The maximum Gasteiger partial charge on any atom is 0.132 e. The van der Waals surface area contributed by atoms with Gasteiger partial charge in [-0.3, -0.25) is 0 Å². The standard InChI is InChI=1S/C14H11ClF2O2/c15-11-3-1-6-14(9(11)7-18)19-8-10-12(16)4-2-5-13(10)17/h1-6,18H,7-8H2. The summed E-state index contributed by atoms with van der Waals surface area (Å²) in [7, 11) is 0. The first-order valence-corrected chi connectivity index (χ1v) is 5.95. The lowest BCUT2D eigenvalue weighted by Crippen LogP contribution is -2.03. The van der Waals surface area contributed by atoms with Gasteiger partial charge >= 0.3 is 0 Å². The molecule has 0 aliphatic rings. The van der Waals surface area contributed by atoms with Crippen molar-refractivity contribution in [2.75, 3.05) is 0 Å². The van der Waals surface area contributed by atoms with E-state index in [9.17, 15) is 13.9 Å². The molecule has 0 amide bonds. The van der Waals surface area contributed by atoms with Gasteiger partial charge in [0.1, 0.15) is 24.0 Å². The Balaban J connectivity index is 2.22. The van der Waals surface area contributed by atoms with E-state index in [4.69, 9.17) is 16.3 Å². The number of ether oxygens (including phenoxy) is 1. The van der Waals surface area contributed by atoms with Crippen molar-refractivity contribution in [2.45, 2.75) is 13.2 Å². The highest BCUT2D eigenvalue weighted by molar-refractivity contribution is 6.31. The van der Waals surface area contributed by atoms with Crippen molar-refractivity contribution < 1.29 is 18.6 Å².